The van der Waals surface area contributed by atoms with Crippen molar-refractivity contribution in [1.29, 1.82) is 0 Å². The summed E-state index contributed by atoms with van der Waals surface area (Å²) in [5.41, 5.74) is 0. The van der Waals surface area contributed by atoms with E-state index in [1.807, 2.05) is 0 Å². The molecule has 0 aromatic carbocycles. The van der Waals surface area contributed by atoms with Gasteiger partial charge in [0.05, 0.1) is 0 Å². The first kappa shape index (κ1) is 11.9. The summed E-state index contributed by atoms with van der Waals surface area (Å²) in [5, 5.41) is 15.8. The molecule has 0 aliphatic heterocycles. The molecule has 5 nitrogen and oxygen atoms in total. The van der Waals surface area contributed by atoms with Crippen LogP contribution < -0.4 is 10.6 Å². The van der Waals surface area contributed by atoms with Gasteiger partial charge < -0.3 is 10.6 Å². The summed E-state index contributed by atoms with van der Waals surface area (Å²) in [6, 6.07) is 0. The maximum absolute atomic E-state index is 10.6. The van der Waals surface area contributed by atoms with Gasteiger partial charge in [-0.1, -0.05) is 18.3 Å². The fourth-order valence-electron chi connectivity index (χ4n) is 1.02. The van der Waals surface area contributed by atoms with Crippen LogP contribution in [0.4, 0.5) is 5.13 Å². The Morgan fingerprint density at radius 3 is 2.80 bits per heavy atom. The number of aryl methyl sites for hydroxylation is 1. The van der Waals surface area contributed by atoms with Crippen LogP contribution in [0.5, 0.6) is 0 Å². The molecule has 84 valence electrons. The van der Waals surface area contributed by atoms with Gasteiger partial charge in [0.1, 0.15) is 5.01 Å². The van der Waals surface area contributed by atoms with Crippen molar-refractivity contribution in [2.24, 2.45) is 0 Å². The molecule has 0 saturated heterocycles. The van der Waals surface area contributed by atoms with Gasteiger partial charge in [-0.3, -0.25) is 4.79 Å². The van der Waals surface area contributed by atoms with Crippen LogP contribution in [0.2, 0.25) is 0 Å². The van der Waals surface area contributed by atoms with Crippen molar-refractivity contribution in [3.05, 3.63) is 5.01 Å². The van der Waals surface area contributed by atoms with Gasteiger partial charge in [-0.05, 0) is 12.8 Å². The zero-order chi connectivity index (χ0) is 11.1. The first-order valence-electron chi connectivity index (χ1n) is 5.03. The van der Waals surface area contributed by atoms with Gasteiger partial charge in [0, 0.05) is 20.0 Å². The standard InChI is InChI=1S/C9H16N4OS/c1-3-8-12-13-9(15-8)11-6-4-5-10-7(2)14/h3-6H2,1-2H3,(H,10,14)(H,11,13). The summed E-state index contributed by atoms with van der Waals surface area (Å²) in [4.78, 5) is 10.6. The first-order valence-corrected chi connectivity index (χ1v) is 5.84. The molecule has 1 heterocycles. The third-order valence-electron chi connectivity index (χ3n) is 1.77. The van der Waals surface area contributed by atoms with Gasteiger partial charge in [0.25, 0.3) is 0 Å². The van der Waals surface area contributed by atoms with E-state index >= 15 is 0 Å². The van der Waals surface area contributed by atoms with Crippen LogP contribution in [0.15, 0.2) is 0 Å². The van der Waals surface area contributed by atoms with Crippen LogP contribution in [0.3, 0.4) is 0 Å². The van der Waals surface area contributed by atoms with E-state index in [1.165, 1.54) is 6.92 Å². The molecule has 0 atom stereocenters. The molecule has 0 unspecified atom stereocenters. The van der Waals surface area contributed by atoms with Crippen LogP contribution in [0.1, 0.15) is 25.3 Å². The Kier molecular flexibility index (Phi) is 5.03. The number of amides is 1. The van der Waals surface area contributed by atoms with Gasteiger partial charge >= 0.3 is 0 Å². The Bertz CT molecular complexity index is 313. The molecule has 1 amide bonds. The zero-order valence-corrected chi connectivity index (χ0v) is 9.86. The second kappa shape index (κ2) is 6.34. The van der Waals surface area contributed by atoms with Gasteiger partial charge in [0.15, 0.2) is 0 Å². The Labute approximate surface area is 93.3 Å². The van der Waals surface area contributed by atoms with Gasteiger partial charge in [-0.25, -0.2) is 0 Å². The number of anilines is 1. The Balaban J connectivity index is 2.12. The number of hydrogen-bond donors (Lipinski definition) is 2. The van der Waals surface area contributed by atoms with Crippen LogP contribution in [0, 0.1) is 0 Å². The van der Waals surface area contributed by atoms with E-state index < -0.39 is 0 Å². The van der Waals surface area contributed by atoms with Crippen molar-refractivity contribution in [3.63, 3.8) is 0 Å². The maximum Gasteiger partial charge on any atom is 0.216 e. The summed E-state index contributed by atoms with van der Waals surface area (Å²) < 4.78 is 0. The van der Waals surface area contributed by atoms with E-state index in [4.69, 9.17) is 0 Å². The number of carbonyl (C=O) groups excluding carboxylic acids is 1. The molecule has 0 radical (unpaired) electrons. The minimum absolute atomic E-state index is 0.0131. The van der Waals surface area contributed by atoms with Crippen molar-refractivity contribution in [1.82, 2.24) is 15.5 Å². The molecule has 15 heavy (non-hydrogen) atoms. The van der Waals surface area contributed by atoms with Crippen LogP contribution in [-0.4, -0.2) is 29.2 Å². The predicted octanol–water partition coefficient (Wildman–Crippen LogP) is 1.04. The highest BCUT2D eigenvalue weighted by Crippen LogP contribution is 2.14. The molecule has 1 aromatic heterocycles. The molecule has 0 aliphatic carbocycles. The van der Waals surface area contributed by atoms with E-state index in [2.05, 4.69) is 27.8 Å². The Hall–Kier alpha value is -1.17. The van der Waals surface area contributed by atoms with E-state index in [0.29, 0.717) is 6.54 Å². The summed E-state index contributed by atoms with van der Waals surface area (Å²) in [5.74, 6) is 0.0131. The normalized spacial score (nSPS) is 10.0. The highest BCUT2D eigenvalue weighted by Gasteiger charge is 2.00. The fraction of sp³-hybridized carbons (Fsp3) is 0.667. The minimum Gasteiger partial charge on any atom is -0.360 e. The molecular formula is C9H16N4OS. The highest BCUT2D eigenvalue weighted by molar-refractivity contribution is 7.15. The van der Waals surface area contributed by atoms with Gasteiger partial charge in [-0.15, -0.1) is 10.2 Å². The lowest BCUT2D eigenvalue weighted by atomic mass is 10.4. The zero-order valence-electron chi connectivity index (χ0n) is 9.04. The van der Waals surface area contributed by atoms with Crippen molar-refractivity contribution in [3.8, 4) is 0 Å². The van der Waals surface area contributed by atoms with Crippen molar-refractivity contribution in [2.45, 2.75) is 26.7 Å². The average molecular weight is 228 g/mol. The second-order valence-corrected chi connectivity index (χ2v) is 4.18. The van der Waals surface area contributed by atoms with Crippen LogP contribution in [0.25, 0.3) is 0 Å². The SMILES string of the molecule is CCc1nnc(NCCCNC(C)=O)s1. The molecule has 0 aliphatic rings. The molecule has 1 rings (SSSR count). The first-order chi connectivity index (χ1) is 7.22. The van der Waals surface area contributed by atoms with E-state index in [1.54, 1.807) is 11.3 Å². The molecular weight excluding hydrogens is 212 g/mol. The number of carbonyl (C=O) groups is 1. The Morgan fingerprint density at radius 2 is 2.20 bits per heavy atom. The molecule has 0 bridgehead atoms. The van der Waals surface area contributed by atoms with Crippen molar-refractivity contribution in [2.75, 3.05) is 18.4 Å². The molecule has 2 N–H and O–H groups in total. The molecule has 0 fully saturated rings. The van der Waals surface area contributed by atoms with Crippen LogP contribution in [-0.2, 0) is 11.2 Å². The van der Waals surface area contributed by atoms with Gasteiger partial charge in [0.2, 0.25) is 11.0 Å². The van der Waals surface area contributed by atoms with Crippen LogP contribution >= 0.6 is 11.3 Å². The lowest BCUT2D eigenvalue weighted by molar-refractivity contribution is -0.118. The number of rotatable bonds is 6. The number of nitrogens with zero attached hydrogens (tertiary/aromatic N) is 2. The number of hydrogen-bond acceptors (Lipinski definition) is 5. The maximum atomic E-state index is 10.6. The second-order valence-electron chi connectivity index (χ2n) is 3.12. The summed E-state index contributed by atoms with van der Waals surface area (Å²) >= 11 is 1.58. The average Bonchev–Trinajstić information content (AvgIpc) is 2.65. The fourth-order valence-corrected chi connectivity index (χ4v) is 1.72. The number of nitrogens with one attached hydrogen (secondary N) is 2. The van der Waals surface area contributed by atoms with E-state index in [-0.39, 0.29) is 5.91 Å². The molecule has 0 spiro atoms. The van der Waals surface area contributed by atoms with Crippen molar-refractivity contribution < 1.29 is 4.79 Å². The lowest BCUT2D eigenvalue weighted by Crippen LogP contribution is -2.22. The predicted molar refractivity (Wildman–Crippen MR) is 61.1 cm³/mol. The smallest absolute Gasteiger partial charge is 0.216 e. The summed E-state index contributed by atoms with van der Waals surface area (Å²) in [7, 11) is 0. The highest BCUT2D eigenvalue weighted by atomic mass is 32.1. The molecule has 6 heteroatoms. The minimum atomic E-state index is 0.0131. The summed E-state index contributed by atoms with van der Waals surface area (Å²) in [6.07, 6.45) is 1.81. The Morgan fingerprint density at radius 1 is 1.40 bits per heavy atom. The quantitative estimate of drug-likeness (QED) is 0.714. The third kappa shape index (κ3) is 4.73. The lowest BCUT2D eigenvalue weighted by Gasteiger charge is -2.02. The molecule has 1 aromatic rings. The number of aromatic nitrogens is 2. The monoisotopic (exact) mass is 228 g/mol. The third-order valence-corrected chi connectivity index (χ3v) is 2.80. The summed E-state index contributed by atoms with van der Waals surface area (Å²) in [6.45, 7) is 5.08. The van der Waals surface area contributed by atoms with E-state index in [0.717, 1.165) is 29.5 Å². The molecule has 0 saturated carbocycles. The van der Waals surface area contributed by atoms with Gasteiger partial charge in [-0.2, -0.15) is 0 Å². The topological polar surface area (TPSA) is 66.9 Å². The van der Waals surface area contributed by atoms with E-state index in [9.17, 15) is 4.79 Å². The largest absolute Gasteiger partial charge is 0.360 e. The van der Waals surface area contributed by atoms with Crippen molar-refractivity contribution >= 4 is 22.4 Å².